The quantitative estimate of drug-likeness (QED) is 0.731. The van der Waals surface area contributed by atoms with Crippen molar-refractivity contribution in [3.63, 3.8) is 0 Å². The first-order chi connectivity index (χ1) is 12.2. The Morgan fingerprint density at radius 2 is 1.81 bits per heavy atom. The molecule has 1 aliphatic heterocycles. The zero-order valence-electron chi connectivity index (χ0n) is 16.7. The van der Waals surface area contributed by atoms with Crippen molar-refractivity contribution in [2.75, 3.05) is 32.7 Å². The number of Topliss-reactive ketones (excluding diaryl/α,β-unsaturated/α-hetero) is 1. The van der Waals surface area contributed by atoms with Crippen molar-refractivity contribution in [1.82, 2.24) is 9.80 Å². The predicted molar refractivity (Wildman–Crippen MR) is 104 cm³/mol. The lowest BCUT2D eigenvalue weighted by molar-refractivity contribution is -0.139. The Bertz CT molecular complexity index is 628. The summed E-state index contributed by atoms with van der Waals surface area (Å²) in [6.07, 6.45) is 0.603. The highest BCUT2D eigenvalue weighted by atomic mass is 16.5. The minimum absolute atomic E-state index is 0.00806. The summed E-state index contributed by atoms with van der Waals surface area (Å²) in [6.45, 7) is 14.4. The van der Waals surface area contributed by atoms with E-state index in [9.17, 15) is 9.59 Å². The molecule has 0 saturated carbocycles. The molecule has 1 amide bonds. The van der Waals surface area contributed by atoms with E-state index in [0.29, 0.717) is 16.7 Å². The normalized spacial score (nSPS) is 17.0. The number of ether oxygens (including phenoxy) is 1. The molecule has 1 unspecified atom stereocenters. The summed E-state index contributed by atoms with van der Waals surface area (Å²) in [5.74, 6) is 0.553. The van der Waals surface area contributed by atoms with E-state index in [1.165, 1.54) is 6.92 Å². The molecule has 0 N–H and O–H groups in total. The van der Waals surface area contributed by atoms with Crippen LogP contribution in [0, 0.1) is 5.41 Å². The van der Waals surface area contributed by atoms with Gasteiger partial charge in [0.05, 0.1) is 0 Å². The molecule has 0 aromatic heterocycles. The van der Waals surface area contributed by atoms with E-state index in [-0.39, 0.29) is 11.7 Å². The van der Waals surface area contributed by atoms with E-state index < -0.39 is 6.10 Å². The maximum absolute atomic E-state index is 12.7. The van der Waals surface area contributed by atoms with E-state index in [1.54, 1.807) is 31.2 Å². The molecule has 0 aliphatic carbocycles. The fourth-order valence-electron chi connectivity index (χ4n) is 2.99. The van der Waals surface area contributed by atoms with Gasteiger partial charge in [-0.1, -0.05) is 32.9 Å². The average molecular weight is 360 g/mol. The zero-order chi connectivity index (χ0) is 19.3. The molecule has 1 aromatic carbocycles. The first kappa shape index (κ1) is 20.4. The van der Waals surface area contributed by atoms with Gasteiger partial charge in [0, 0.05) is 31.7 Å². The number of hydrogen-bond donors (Lipinski definition) is 0. The molecule has 5 heteroatoms. The Labute approximate surface area is 157 Å². The summed E-state index contributed by atoms with van der Waals surface area (Å²) in [4.78, 5) is 28.4. The van der Waals surface area contributed by atoms with Crippen molar-refractivity contribution in [2.24, 2.45) is 5.41 Å². The van der Waals surface area contributed by atoms with E-state index in [2.05, 4.69) is 25.7 Å². The summed E-state index contributed by atoms with van der Waals surface area (Å²) >= 11 is 0. The number of rotatable bonds is 6. The number of piperazine rings is 1. The molecule has 1 fully saturated rings. The highest BCUT2D eigenvalue weighted by Gasteiger charge is 2.26. The van der Waals surface area contributed by atoms with E-state index in [4.69, 9.17) is 4.74 Å². The number of ketones is 1. The van der Waals surface area contributed by atoms with Gasteiger partial charge in [-0.3, -0.25) is 14.5 Å². The number of nitrogens with zero attached hydrogens (tertiary/aromatic N) is 2. The first-order valence-corrected chi connectivity index (χ1v) is 9.44. The standard InChI is InChI=1S/C21H32N2O3/c1-16(24)18-7-6-8-19(15-18)26-17(2)20(25)23-13-11-22(12-14-23)10-9-21(3,4)5/h6-8,15,17H,9-14H2,1-5H3. The molecule has 144 valence electrons. The maximum Gasteiger partial charge on any atom is 0.263 e. The fraction of sp³-hybridized carbons (Fsp3) is 0.619. The summed E-state index contributed by atoms with van der Waals surface area (Å²) in [5.41, 5.74) is 0.929. The van der Waals surface area contributed by atoms with Gasteiger partial charge < -0.3 is 9.64 Å². The number of hydrogen-bond acceptors (Lipinski definition) is 4. The zero-order valence-corrected chi connectivity index (χ0v) is 16.7. The minimum atomic E-state index is -0.557. The van der Waals surface area contributed by atoms with Crippen LogP contribution < -0.4 is 4.74 Å². The topological polar surface area (TPSA) is 49.9 Å². The molecule has 26 heavy (non-hydrogen) atoms. The molecule has 0 bridgehead atoms. The maximum atomic E-state index is 12.7. The van der Waals surface area contributed by atoms with Gasteiger partial charge in [0.2, 0.25) is 0 Å². The van der Waals surface area contributed by atoms with Crippen LogP contribution in [0.3, 0.4) is 0 Å². The Kier molecular flexibility index (Phi) is 6.81. The van der Waals surface area contributed by atoms with Crippen LogP contribution in [0.4, 0.5) is 0 Å². The molecule has 0 radical (unpaired) electrons. The van der Waals surface area contributed by atoms with Crippen molar-refractivity contribution in [3.8, 4) is 5.75 Å². The molecule has 1 saturated heterocycles. The van der Waals surface area contributed by atoms with Crippen molar-refractivity contribution < 1.29 is 14.3 Å². The van der Waals surface area contributed by atoms with Crippen LogP contribution in [0.2, 0.25) is 0 Å². The SMILES string of the molecule is CC(=O)c1cccc(OC(C)C(=O)N2CCN(CCC(C)(C)C)CC2)c1. The highest BCUT2D eigenvalue weighted by molar-refractivity contribution is 5.94. The van der Waals surface area contributed by atoms with Gasteiger partial charge >= 0.3 is 0 Å². The summed E-state index contributed by atoms with van der Waals surface area (Å²) in [6, 6.07) is 6.99. The van der Waals surface area contributed by atoms with Gasteiger partial charge in [0.15, 0.2) is 11.9 Å². The van der Waals surface area contributed by atoms with Crippen LogP contribution in [-0.4, -0.2) is 60.3 Å². The molecule has 0 spiro atoms. The number of carbonyl (C=O) groups is 2. The Morgan fingerprint density at radius 1 is 1.15 bits per heavy atom. The van der Waals surface area contributed by atoms with Gasteiger partial charge in [0.25, 0.3) is 5.91 Å². The summed E-state index contributed by atoms with van der Waals surface area (Å²) < 4.78 is 5.78. The Morgan fingerprint density at radius 3 is 2.38 bits per heavy atom. The second-order valence-corrected chi connectivity index (χ2v) is 8.32. The van der Waals surface area contributed by atoms with Gasteiger partial charge in [0.1, 0.15) is 5.75 Å². The third-order valence-corrected chi connectivity index (χ3v) is 4.76. The predicted octanol–water partition coefficient (Wildman–Crippen LogP) is 3.24. The largest absolute Gasteiger partial charge is 0.481 e. The van der Waals surface area contributed by atoms with Crippen LogP contribution in [0.5, 0.6) is 5.75 Å². The van der Waals surface area contributed by atoms with Crippen molar-refractivity contribution in [3.05, 3.63) is 29.8 Å². The van der Waals surface area contributed by atoms with E-state index in [1.807, 2.05) is 4.90 Å². The summed E-state index contributed by atoms with van der Waals surface area (Å²) in [7, 11) is 0. The molecule has 1 aliphatic rings. The molecule has 1 atom stereocenters. The number of amides is 1. The third-order valence-electron chi connectivity index (χ3n) is 4.76. The van der Waals surface area contributed by atoms with Crippen molar-refractivity contribution in [1.29, 1.82) is 0 Å². The van der Waals surface area contributed by atoms with Gasteiger partial charge in [-0.25, -0.2) is 0 Å². The Balaban J connectivity index is 1.84. The Hall–Kier alpha value is -1.88. The second kappa shape index (κ2) is 8.67. The van der Waals surface area contributed by atoms with Crippen LogP contribution in [0.25, 0.3) is 0 Å². The van der Waals surface area contributed by atoms with E-state index >= 15 is 0 Å². The first-order valence-electron chi connectivity index (χ1n) is 9.44. The molecule has 2 rings (SSSR count). The van der Waals surface area contributed by atoms with Crippen LogP contribution >= 0.6 is 0 Å². The minimum Gasteiger partial charge on any atom is -0.481 e. The average Bonchev–Trinajstić information content (AvgIpc) is 2.59. The third kappa shape index (κ3) is 6.13. The second-order valence-electron chi connectivity index (χ2n) is 8.32. The lowest BCUT2D eigenvalue weighted by atomic mass is 9.92. The van der Waals surface area contributed by atoms with Crippen LogP contribution in [0.1, 0.15) is 51.4 Å². The smallest absolute Gasteiger partial charge is 0.263 e. The van der Waals surface area contributed by atoms with E-state index in [0.717, 1.165) is 39.1 Å². The summed E-state index contributed by atoms with van der Waals surface area (Å²) in [5, 5.41) is 0. The van der Waals surface area contributed by atoms with Gasteiger partial charge in [-0.2, -0.15) is 0 Å². The van der Waals surface area contributed by atoms with Crippen molar-refractivity contribution in [2.45, 2.75) is 47.1 Å². The van der Waals surface area contributed by atoms with Crippen LogP contribution in [0.15, 0.2) is 24.3 Å². The fourth-order valence-corrected chi connectivity index (χ4v) is 2.99. The van der Waals surface area contributed by atoms with Crippen LogP contribution in [-0.2, 0) is 4.79 Å². The number of carbonyl (C=O) groups excluding carboxylic acids is 2. The molecule has 5 nitrogen and oxygen atoms in total. The van der Waals surface area contributed by atoms with Gasteiger partial charge in [-0.15, -0.1) is 0 Å². The van der Waals surface area contributed by atoms with Gasteiger partial charge in [-0.05, 0) is 44.4 Å². The number of benzene rings is 1. The monoisotopic (exact) mass is 360 g/mol. The molecule has 1 aromatic rings. The molecular weight excluding hydrogens is 328 g/mol. The molecule has 1 heterocycles. The lowest BCUT2D eigenvalue weighted by Gasteiger charge is -2.36. The molecular formula is C21H32N2O3. The lowest BCUT2D eigenvalue weighted by Crippen LogP contribution is -2.52. The highest BCUT2D eigenvalue weighted by Crippen LogP contribution is 2.20. The van der Waals surface area contributed by atoms with Crippen molar-refractivity contribution >= 4 is 11.7 Å².